The van der Waals surface area contributed by atoms with Crippen LogP contribution in [0.3, 0.4) is 0 Å². The van der Waals surface area contributed by atoms with E-state index in [0.29, 0.717) is 0 Å². The Morgan fingerprint density at radius 3 is 2.73 bits per heavy atom. The molecule has 0 aromatic carbocycles. The summed E-state index contributed by atoms with van der Waals surface area (Å²) in [6.45, 7) is 2.19. The molecule has 2 rings (SSSR count). The minimum Gasteiger partial charge on any atom is -0.318 e. The van der Waals surface area contributed by atoms with Crippen LogP contribution in [0.2, 0.25) is 0 Å². The molecule has 1 aliphatic rings. The van der Waals surface area contributed by atoms with Crippen molar-refractivity contribution in [3.63, 3.8) is 0 Å². The Kier molecular flexibility index (Phi) is 3.03. The summed E-state index contributed by atoms with van der Waals surface area (Å²) in [6.07, 6.45) is 6.28. The third-order valence-corrected chi connectivity index (χ3v) is 3.50. The lowest BCUT2D eigenvalue weighted by Gasteiger charge is -2.36. The highest BCUT2D eigenvalue weighted by atomic mass is 15.2. The van der Waals surface area contributed by atoms with Crippen LogP contribution in [0.15, 0.2) is 24.5 Å². The van der Waals surface area contributed by atoms with Crippen molar-refractivity contribution < 1.29 is 0 Å². The van der Waals surface area contributed by atoms with Gasteiger partial charge in [0.25, 0.3) is 0 Å². The molecule has 1 atom stereocenters. The summed E-state index contributed by atoms with van der Waals surface area (Å²) in [7, 11) is 4.24. The zero-order chi connectivity index (χ0) is 10.7. The van der Waals surface area contributed by atoms with Crippen molar-refractivity contribution in [2.45, 2.75) is 18.4 Å². The number of hydrogen-bond donors (Lipinski definition) is 1. The minimum atomic E-state index is 0.178. The summed E-state index contributed by atoms with van der Waals surface area (Å²) >= 11 is 0. The van der Waals surface area contributed by atoms with Gasteiger partial charge >= 0.3 is 0 Å². The van der Waals surface area contributed by atoms with Crippen LogP contribution in [0.1, 0.15) is 18.4 Å². The summed E-state index contributed by atoms with van der Waals surface area (Å²) in [6, 6.07) is 4.28. The summed E-state index contributed by atoms with van der Waals surface area (Å²) in [5, 5.41) is 3.32. The Balaban J connectivity index is 2.34. The van der Waals surface area contributed by atoms with Crippen LogP contribution in [-0.2, 0) is 5.54 Å². The van der Waals surface area contributed by atoms with Gasteiger partial charge in [-0.2, -0.15) is 0 Å². The highest BCUT2D eigenvalue weighted by Gasteiger charge is 2.39. The topological polar surface area (TPSA) is 28.2 Å². The number of pyridine rings is 1. The molecule has 0 amide bonds. The predicted octanol–water partition coefficient (Wildman–Crippen LogP) is 1.22. The molecule has 0 saturated carbocycles. The number of aromatic nitrogens is 1. The van der Waals surface area contributed by atoms with E-state index >= 15 is 0 Å². The first-order chi connectivity index (χ1) is 7.29. The van der Waals surface area contributed by atoms with Gasteiger partial charge < -0.3 is 5.32 Å². The Morgan fingerprint density at radius 1 is 1.47 bits per heavy atom. The zero-order valence-electron chi connectivity index (χ0n) is 9.53. The molecule has 1 N–H and O–H groups in total. The standard InChI is InChI=1S/C12H19N3/c1-13-10-12(6-3-9-15(12)2)11-4-7-14-8-5-11/h4-5,7-8,13H,3,6,9-10H2,1-2H3. The minimum absolute atomic E-state index is 0.178. The highest BCUT2D eigenvalue weighted by Crippen LogP contribution is 2.36. The fourth-order valence-corrected chi connectivity index (χ4v) is 2.66. The van der Waals surface area contributed by atoms with E-state index in [1.807, 2.05) is 19.4 Å². The lowest BCUT2D eigenvalue weighted by atomic mass is 9.88. The van der Waals surface area contributed by atoms with Gasteiger partial charge in [0.2, 0.25) is 0 Å². The van der Waals surface area contributed by atoms with Crippen molar-refractivity contribution in [3.8, 4) is 0 Å². The average molecular weight is 205 g/mol. The molecule has 15 heavy (non-hydrogen) atoms. The van der Waals surface area contributed by atoms with Crippen LogP contribution in [-0.4, -0.2) is 37.1 Å². The van der Waals surface area contributed by atoms with Gasteiger partial charge in [-0.15, -0.1) is 0 Å². The molecule has 1 aromatic heterocycles. The summed E-state index contributed by atoms with van der Waals surface area (Å²) < 4.78 is 0. The highest BCUT2D eigenvalue weighted by molar-refractivity contribution is 5.24. The molecule has 1 fully saturated rings. The molecule has 3 heteroatoms. The molecule has 82 valence electrons. The monoisotopic (exact) mass is 205 g/mol. The summed E-state index contributed by atoms with van der Waals surface area (Å²) in [5.41, 5.74) is 1.56. The molecule has 1 saturated heterocycles. The van der Waals surface area contributed by atoms with Crippen molar-refractivity contribution in [2.75, 3.05) is 27.2 Å². The van der Waals surface area contributed by atoms with Gasteiger partial charge in [-0.25, -0.2) is 0 Å². The van der Waals surface area contributed by atoms with Crippen molar-refractivity contribution in [1.29, 1.82) is 0 Å². The second-order valence-corrected chi connectivity index (χ2v) is 4.32. The van der Waals surface area contributed by atoms with Crippen LogP contribution in [0.5, 0.6) is 0 Å². The number of nitrogens with one attached hydrogen (secondary N) is 1. The SMILES string of the molecule is CNCC1(c2ccncc2)CCCN1C. The quantitative estimate of drug-likeness (QED) is 0.804. The van der Waals surface area contributed by atoms with Crippen molar-refractivity contribution >= 4 is 0 Å². The molecule has 0 spiro atoms. The molecule has 3 nitrogen and oxygen atoms in total. The number of likely N-dealkylation sites (tertiary alicyclic amines) is 1. The Morgan fingerprint density at radius 2 is 2.20 bits per heavy atom. The van der Waals surface area contributed by atoms with Crippen LogP contribution in [0.4, 0.5) is 0 Å². The molecule has 1 unspecified atom stereocenters. The summed E-state index contributed by atoms with van der Waals surface area (Å²) in [4.78, 5) is 6.55. The van der Waals surface area contributed by atoms with Crippen LogP contribution in [0, 0.1) is 0 Å². The van der Waals surface area contributed by atoms with Crippen LogP contribution >= 0.6 is 0 Å². The molecule has 1 aromatic rings. The molecule has 0 aliphatic carbocycles. The first-order valence-electron chi connectivity index (χ1n) is 5.56. The second kappa shape index (κ2) is 4.29. The molecule has 1 aliphatic heterocycles. The maximum Gasteiger partial charge on any atom is 0.0584 e. The third-order valence-electron chi connectivity index (χ3n) is 3.50. The van der Waals surface area contributed by atoms with E-state index in [2.05, 4.69) is 34.4 Å². The largest absolute Gasteiger partial charge is 0.318 e. The van der Waals surface area contributed by atoms with E-state index in [-0.39, 0.29) is 5.54 Å². The number of rotatable bonds is 3. The van der Waals surface area contributed by atoms with E-state index in [1.165, 1.54) is 24.9 Å². The Labute approximate surface area is 91.5 Å². The number of nitrogens with zero attached hydrogens (tertiary/aromatic N) is 2. The van der Waals surface area contributed by atoms with Gasteiger partial charge in [0.15, 0.2) is 0 Å². The first-order valence-corrected chi connectivity index (χ1v) is 5.56. The average Bonchev–Trinajstić information content (AvgIpc) is 2.63. The number of hydrogen-bond acceptors (Lipinski definition) is 3. The van der Waals surface area contributed by atoms with E-state index in [9.17, 15) is 0 Å². The van der Waals surface area contributed by atoms with Gasteiger partial charge in [0.1, 0.15) is 0 Å². The third kappa shape index (κ3) is 1.77. The fraction of sp³-hybridized carbons (Fsp3) is 0.583. The van der Waals surface area contributed by atoms with Crippen LogP contribution < -0.4 is 5.32 Å². The Bertz CT molecular complexity index is 312. The van der Waals surface area contributed by atoms with Crippen molar-refractivity contribution in [3.05, 3.63) is 30.1 Å². The second-order valence-electron chi connectivity index (χ2n) is 4.32. The van der Waals surface area contributed by atoms with Gasteiger partial charge in [-0.05, 0) is 51.2 Å². The fourth-order valence-electron chi connectivity index (χ4n) is 2.66. The van der Waals surface area contributed by atoms with E-state index in [4.69, 9.17) is 0 Å². The molecule has 0 radical (unpaired) electrons. The van der Waals surface area contributed by atoms with E-state index in [0.717, 1.165) is 6.54 Å². The molecular formula is C12H19N3. The van der Waals surface area contributed by atoms with Crippen molar-refractivity contribution in [1.82, 2.24) is 15.2 Å². The summed E-state index contributed by atoms with van der Waals surface area (Å²) in [5.74, 6) is 0. The lowest BCUT2D eigenvalue weighted by Crippen LogP contribution is -2.45. The normalized spacial score (nSPS) is 27.1. The smallest absolute Gasteiger partial charge is 0.0584 e. The predicted molar refractivity (Wildman–Crippen MR) is 61.7 cm³/mol. The molecule has 0 bridgehead atoms. The van der Waals surface area contributed by atoms with Gasteiger partial charge in [0, 0.05) is 18.9 Å². The number of likely N-dealkylation sites (N-methyl/N-ethyl adjacent to an activating group) is 2. The van der Waals surface area contributed by atoms with E-state index in [1.54, 1.807) is 0 Å². The van der Waals surface area contributed by atoms with Gasteiger partial charge in [0.05, 0.1) is 5.54 Å². The Hall–Kier alpha value is -0.930. The molecular weight excluding hydrogens is 186 g/mol. The van der Waals surface area contributed by atoms with Crippen molar-refractivity contribution in [2.24, 2.45) is 0 Å². The van der Waals surface area contributed by atoms with Gasteiger partial charge in [-0.1, -0.05) is 0 Å². The van der Waals surface area contributed by atoms with E-state index < -0.39 is 0 Å². The molecule has 2 heterocycles. The zero-order valence-corrected chi connectivity index (χ0v) is 9.53. The maximum absolute atomic E-state index is 4.09. The lowest BCUT2D eigenvalue weighted by molar-refractivity contribution is 0.172. The van der Waals surface area contributed by atoms with Crippen LogP contribution in [0.25, 0.3) is 0 Å². The maximum atomic E-state index is 4.09. The van der Waals surface area contributed by atoms with Gasteiger partial charge in [-0.3, -0.25) is 9.88 Å². The first kappa shape index (κ1) is 10.6.